The maximum absolute atomic E-state index is 13.0. The van der Waals surface area contributed by atoms with Crippen LogP contribution in [0.15, 0.2) is 24.3 Å². The Labute approximate surface area is 246 Å². The molecule has 0 aromatic heterocycles. The first-order chi connectivity index (χ1) is 20.1. The number of rotatable bonds is 13. The van der Waals surface area contributed by atoms with E-state index in [0.717, 1.165) is 84.0 Å². The van der Waals surface area contributed by atoms with E-state index in [2.05, 4.69) is 61.2 Å². The molecule has 4 aliphatic heterocycles. The molecular weight excluding hydrogens is 518 g/mol. The topological polar surface area (TPSA) is 117 Å². The van der Waals surface area contributed by atoms with E-state index < -0.39 is 0 Å². The van der Waals surface area contributed by atoms with Gasteiger partial charge in [0.25, 0.3) is 5.91 Å². The van der Waals surface area contributed by atoms with Crippen LogP contribution in [-0.2, 0) is 4.74 Å². The number of carbonyl (C=O) groups is 1. The summed E-state index contributed by atoms with van der Waals surface area (Å²) in [6.45, 7) is 11.1. The van der Waals surface area contributed by atoms with E-state index in [1.165, 1.54) is 12.8 Å². The van der Waals surface area contributed by atoms with Gasteiger partial charge in [-0.05, 0) is 81.9 Å². The zero-order valence-corrected chi connectivity index (χ0v) is 25.1. The van der Waals surface area contributed by atoms with E-state index in [1.54, 1.807) is 0 Å². The third kappa shape index (κ3) is 8.39. The Hall–Kier alpha value is -1.83. The Morgan fingerprint density at radius 2 is 1.98 bits per heavy atom. The molecule has 0 aliphatic carbocycles. The van der Waals surface area contributed by atoms with Crippen LogP contribution in [0.5, 0.6) is 0 Å². The second-order valence-electron chi connectivity index (χ2n) is 12.1. The Balaban J connectivity index is 1.16. The number of ether oxygens (including phenoxy) is 1. The van der Waals surface area contributed by atoms with Crippen molar-refractivity contribution >= 4 is 11.6 Å². The summed E-state index contributed by atoms with van der Waals surface area (Å²) >= 11 is 0. The number of hydrazine groups is 1. The number of hydrogen-bond donors (Lipinski definition) is 7. The molecule has 1 amide bonds. The summed E-state index contributed by atoms with van der Waals surface area (Å²) in [5.74, 6) is 1.18. The van der Waals surface area contributed by atoms with Gasteiger partial charge in [0.15, 0.2) is 0 Å². The van der Waals surface area contributed by atoms with Gasteiger partial charge in [-0.25, -0.2) is 10.4 Å². The number of hydrogen-bond acceptors (Lipinski definition) is 10. The van der Waals surface area contributed by atoms with Gasteiger partial charge in [0.05, 0.1) is 25.5 Å². The van der Waals surface area contributed by atoms with Crippen molar-refractivity contribution in [3.8, 4) is 0 Å². The Bertz CT molecular complexity index is 940. The molecule has 4 aliphatic rings. The Morgan fingerprint density at radius 1 is 1.07 bits per heavy atom. The average Bonchev–Trinajstić information content (AvgIpc) is 3.65. The van der Waals surface area contributed by atoms with Gasteiger partial charge in [-0.3, -0.25) is 15.0 Å². The van der Waals surface area contributed by atoms with Crippen LogP contribution in [-0.4, -0.2) is 113 Å². The molecule has 11 nitrogen and oxygen atoms in total. The minimum Gasteiger partial charge on any atom is -0.382 e. The summed E-state index contributed by atoms with van der Waals surface area (Å²) in [7, 11) is 2.12. The molecule has 4 saturated heterocycles. The number of likely N-dealkylation sites (N-methyl/N-ethyl adjacent to an activating group) is 1. The second kappa shape index (κ2) is 15.6. The van der Waals surface area contributed by atoms with Gasteiger partial charge in [-0.2, -0.15) is 0 Å². The van der Waals surface area contributed by atoms with Crippen molar-refractivity contribution in [3.05, 3.63) is 29.8 Å². The number of nitrogens with zero attached hydrogens (tertiary/aromatic N) is 2. The van der Waals surface area contributed by atoms with Crippen molar-refractivity contribution in [2.45, 2.75) is 63.4 Å². The summed E-state index contributed by atoms with van der Waals surface area (Å²) in [5.41, 5.74) is 5.39. The first kappa shape index (κ1) is 30.6. The first-order valence-electron chi connectivity index (χ1n) is 15.9. The van der Waals surface area contributed by atoms with Crippen LogP contribution in [0.2, 0.25) is 0 Å². The molecule has 4 fully saturated rings. The van der Waals surface area contributed by atoms with Crippen LogP contribution < -0.4 is 37.3 Å². The normalized spacial score (nSPS) is 31.4. The zero-order valence-electron chi connectivity index (χ0n) is 25.1. The number of benzene rings is 1. The number of piperidine rings is 1. The molecule has 0 radical (unpaired) electrons. The van der Waals surface area contributed by atoms with Gasteiger partial charge in [0, 0.05) is 56.7 Å². The van der Waals surface area contributed by atoms with Crippen LogP contribution in [0.3, 0.4) is 0 Å². The highest BCUT2D eigenvalue weighted by atomic mass is 16.5. The van der Waals surface area contributed by atoms with Gasteiger partial charge in [0.2, 0.25) is 0 Å². The highest BCUT2D eigenvalue weighted by Crippen LogP contribution is 2.23. The van der Waals surface area contributed by atoms with Crippen molar-refractivity contribution in [2.24, 2.45) is 11.8 Å². The standard InChI is InChI=1S/C30H53N9O2/c1-3-22-17-31-12-9-24(22)18-35-30(40)23-6-4-7-25(16-23)34-19-28-38(2)37-29(27-10-13-32-21-36-27)39(28)14-15-41-20-26-8-5-11-33-26/h4,6-7,16,22,24,26-29,31-34,36-37H,3,5,8-15,17-21H2,1-2H3,(H,35,40)/t22?,24?,26-,27?,28?,29?/m1/s1. The van der Waals surface area contributed by atoms with E-state index in [4.69, 9.17) is 4.74 Å². The molecule has 11 heteroatoms. The molecule has 0 saturated carbocycles. The molecule has 6 atom stereocenters. The molecule has 4 heterocycles. The molecule has 0 bridgehead atoms. The molecular formula is C30H53N9O2. The molecule has 1 aromatic rings. The summed E-state index contributed by atoms with van der Waals surface area (Å²) in [5, 5.41) is 23.1. The maximum Gasteiger partial charge on any atom is 0.251 e. The predicted octanol–water partition coefficient (Wildman–Crippen LogP) is 0.546. The molecule has 5 rings (SSSR count). The lowest BCUT2D eigenvalue weighted by Gasteiger charge is -2.36. The highest BCUT2D eigenvalue weighted by Gasteiger charge is 2.41. The van der Waals surface area contributed by atoms with E-state index in [-0.39, 0.29) is 18.2 Å². The molecule has 1 aromatic carbocycles. The van der Waals surface area contributed by atoms with Crippen LogP contribution in [0.4, 0.5) is 5.69 Å². The van der Waals surface area contributed by atoms with Crippen molar-refractivity contribution in [3.63, 3.8) is 0 Å². The molecule has 7 N–H and O–H groups in total. The summed E-state index contributed by atoms with van der Waals surface area (Å²) in [6, 6.07) is 8.76. The number of nitrogens with one attached hydrogen (secondary N) is 7. The quantitative estimate of drug-likeness (QED) is 0.169. The van der Waals surface area contributed by atoms with Gasteiger partial charge in [0.1, 0.15) is 0 Å². The largest absolute Gasteiger partial charge is 0.382 e. The lowest BCUT2D eigenvalue weighted by atomic mass is 9.84. The summed E-state index contributed by atoms with van der Waals surface area (Å²) in [4.78, 5) is 15.6. The Morgan fingerprint density at radius 3 is 2.78 bits per heavy atom. The SMILES string of the molecule is CCC1CNCCC1CNC(=O)c1cccc(NCC2N(C)NC(C3CCNCN3)N2CCOC[C@H]2CCCN2)c1. The van der Waals surface area contributed by atoms with Gasteiger partial charge < -0.3 is 31.3 Å². The van der Waals surface area contributed by atoms with Crippen LogP contribution in [0, 0.1) is 11.8 Å². The zero-order chi connectivity index (χ0) is 28.4. The lowest BCUT2D eigenvalue weighted by Crippen LogP contribution is -2.59. The molecule has 0 spiro atoms. The van der Waals surface area contributed by atoms with E-state index >= 15 is 0 Å². The fourth-order valence-electron chi connectivity index (χ4n) is 6.88. The van der Waals surface area contributed by atoms with Crippen LogP contribution in [0.25, 0.3) is 0 Å². The maximum atomic E-state index is 13.0. The second-order valence-corrected chi connectivity index (χ2v) is 12.1. The number of amides is 1. The summed E-state index contributed by atoms with van der Waals surface area (Å²) < 4.78 is 6.13. The molecule has 230 valence electrons. The smallest absolute Gasteiger partial charge is 0.251 e. The van der Waals surface area contributed by atoms with Crippen molar-refractivity contribution in [1.82, 2.24) is 41.9 Å². The lowest BCUT2D eigenvalue weighted by molar-refractivity contribution is 0.0559. The minimum atomic E-state index is 0.00857. The van der Waals surface area contributed by atoms with Crippen LogP contribution >= 0.6 is 0 Å². The van der Waals surface area contributed by atoms with E-state index in [1.807, 2.05) is 24.3 Å². The number of anilines is 1. The Kier molecular flexibility index (Phi) is 11.6. The van der Waals surface area contributed by atoms with Gasteiger partial charge >= 0.3 is 0 Å². The van der Waals surface area contributed by atoms with Gasteiger partial charge in [-0.1, -0.05) is 19.4 Å². The highest BCUT2D eigenvalue weighted by molar-refractivity contribution is 5.95. The number of carbonyl (C=O) groups excluding carboxylic acids is 1. The third-order valence-corrected chi connectivity index (χ3v) is 9.43. The van der Waals surface area contributed by atoms with E-state index in [9.17, 15) is 4.79 Å². The molecule has 41 heavy (non-hydrogen) atoms. The summed E-state index contributed by atoms with van der Waals surface area (Å²) in [6.07, 6.45) is 6.13. The average molecular weight is 572 g/mol. The van der Waals surface area contributed by atoms with Crippen molar-refractivity contribution in [2.75, 3.05) is 78.1 Å². The van der Waals surface area contributed by atoms with E-state index in [0.29, 0.717) is 36.1 Å². The van der Waals surface area contributed by atoms with Gasteiger partial charge in [-0.15, -0.1) is 0 Å². The fourth-order valence-corrected chi connectivity index (χ4v) is 6.88. The minimum absolute atomic E-state index is 0.00857. The van der Waals surface area contributed by atoms with Crippen molar-refractivity contribution in [1.29, 1.82) is 0 Å². The third-order valence-electron chi connectivity index (χ3n) is 9.43. The molecule has 5 unspecified atom stereocenters. The monoisotopic (exact) mass is 571 g/mol. The first-order valence-corrected chi connectivity index (χ1v) is 15.9. The fraction of sp³-hybridized carbons (Fsp3) is 0.767. The predicted molar refractivity (Wildman–Crippen MR) is 163 cm³/mol. The van der Waals surface area contributed by atoms with Crippen LogP contribution in [0.1, 0.15) is 49.4 Å². The van der Waals surface area contributed by atoms with Crippen molar-refractivity contribution < 1.29 is 9.53 Å².